The van der Waals surface area contributed by atoms with E-state index in [0.717, 1.165) is 34.7 Å². The molecule has 0 radical (unpaired) electrons. The van der Waals surface area contributed by atoms with Crippen molar-refractivity contribution in [1.82, 2.24) is 10.6 Å². The summed E-state index contributed by atoms with van der Waals surface area (Å²) in [5, 5.41) is 37.0. The number of benzene rings is 2. The molecule has 0 fully saturated rings. The predicted octanol–water partition coefficient (Wildman–Crippen LogP) is 4.14. The Morgan fingerprint density at radius 3 is 1.71 bits per heavy atom. The van der Waals surface area contributed by atoms with Gasteiger partial charge < -0.3 is 20.1 Å². The quantitative estimate of drug-likeness (QED) is 0.133. The fourth-order valence-corrected chi connectivity index (χ4v) is 5.30. The van der Waals surface area contributed by atoms with Crippen LogP contribution in [0.3, 0.4) is 0 Å². The van der Waals surface area contributed by atoms with E-state index in [-0.39, 0.29) is 45.1 Å². The maximum atomic E-state index is 12.2. The Kier molecular flexibility index (Phi) is 13.5. The summed E-state index contributed by atoms with van der Waals surface area (Å²) in [6.45, 7) is 0. The Hall–Kier alpha value is -3.29. The Labute approximate surface area is 234 Å². The molecule has 0 aliphatic carbocycles. The molecule has 2 amide bonds. The van der Waals surface area contributed by atoms with Gasteiger partial charge in [0.1, 0.15) is 11.5 Å². The summed E-state index contributed by atoms with van der Waals surface area (Å²) < 4.78 is 10.3. The van der Waals surface area contributed by atoms with Crippen LogP contribution in [0.15, 0.2) is 48.5 Å². The third kappa shape index (κ3) is 12.3. The van der Waals surface area contributed by atoms with Crippen LogP contribution in [-0.2, 0) is 22.4 Å². The Morgan fingerprint density at radius 1 is 0.763 bits per heavy atom. The zero-order valence-electron chi connectivity index (χ0n) is 21.0. The third-order valence-corrected chi connectivity index (χ3v) is 7.28. The van der Waals surface area contributed by atoms with Crippen molar-refractivity contribution in [3.05, 3.63) is 59.7 Å². The van der Waals surface area contributed by atoms with Crippen molar-refractivity contribution in [3.8, 4) is 11.5 Å². The van der Waals surface area contributed by atoms with Gasteiger partial charge in [0.25, 0.3) is 0 Å². The van der Waals surface area contributed by atoms with Crippen molar-refractivity contribution < 1.29 is 19.1 Å². The molecule has 2 rings (SSSR count). The summed E-state index contributed by atoms with van der Waals surface area (Å²) >= 11 is 3.15. The fraction of sp³-hybridized carbons (Fsp3) is 0.280. The Morgan fingerprint density at radius 2 is 1.24 bits per heavy atom. The number of hydrogen-bond acceptors (Lipinski definition) is 11. The van der Waals surface area contributed by atoms with Gasteiger partial charge in [-0.15, -0.1) is 0 Å². The predicted molar refractivity (Wildman–Crippen MR) is 158 cm³/mol. The molecule has 0 heterocycles. The van der Waals surface area contributed by atoms with E-state index in [2.05, 4.69) is 10.6 Å². The number of amides is 2. The molecule has 6 N–H and O–H groups in total. The van der Waals surface area contributed by atoms with Crippen molar-refractivity contribution in [1.29, 1.82) is 21.6 Å². The zero-order valence-corrected chi connectivity index (χ0v) is 23.5. The van der Waals surface area contributed by atoms with Crippen molar-refractivity contribution in [2.75, 3.05) is 25.7 Å². The summed E-state index contributed by atoms with van der Waals surface area (Å²) in [6, 6.07) is 14.2. The van der Waals surface area contributed by atoms with Crippen molar-refractivity contribution in [2.24, 2.45) is 0 Å². The monoisotopic (exact) mass is 574 g/mol. The molecule has 38 heavy (non-hydrogen) atoms. The molecule has 0 aromatic heterocycles. The lowest BCUT2D eigenvalue weighted by molar-refractivity contribution is -0.119. The van der Waals surface area contributed by atoms with E-state index < -0.39 is 0 Å². The number of nitrogens with one attached hydrogen (secondary N) is 6. The molecule has 13 heteroatoms. The minimum atomic E-state index is -0.347. The van der Waals surface area contributed by atoms with Gasteiger partial charge in [-0.05, 0) is 64.7 Å². The number of carbonyl (C=O) groups excluding carboxylic acids is 2. The highest BCUT2D eigenvalue weighted by Crippen LogP contribution is 2.16. The van der Waals surface area contributed by atoms with Crippen LogP contribution in [0, 0.1) is 21.6 Å². The minimum Gasteiger partial charge on any atom is -0.497 e. The van der Waals surface area contributed by atoms with Crippen molar-refractivity contribution in [3.63, 3.8) is 0 Å². The number of thioether (sulfide) groups is 3. The van der Waals surface area contributed by atoms with Crippen LogP contribution in [0.25, 0.3) is 0 Å². The molecule has 0 atom stereocenters. The Balaban J connectivity index is 1.59. The normalized spacial score (nSPS) is 10.3. The van der Waals surface area contributed by atoms with Gasteiger partial charge in [-0.1, -0.05) is 24.3 Å². The van der Waals surface area contributed by atoms with E-state index >= 15 is 0 Å². The molecule has 202 valence electrons. The lowest BCUT2D eigenvalue weighted by atomic mass is 10.1. The van der Waals surface area contributed by atoms with Gasteiger partial charge in [0.05, 0.1) is 37.1 Å². The molecular weight excluding hydrogens is 545 g/mol. The molecular formula is C25H30N6O4S3. The molecule has 2 aromatic carbocycles. The lowest BCUT2D eigenvalue weighted by Gasteiger charge is -2.09. The van der Waals surface area contributed by atoms with E-state index in [1.807, 2.05) is 0 Å². The lowest BCUT2D eigenvalue weighted by Crippen LogP contribution is -2.30. The number of amidine groups is 2. The average Bonchev–Trinajstić information content (AvgIpc) is 2.86. The second kappa shape index (κ2) is 16.5. The number of hydrogen-bond donors (Lipinski definition) is 6. The summed E-state index contributed by atoms with van der Waals surface area (Å²) in [5.41, 5.74) is 1.52. The Bertz CT molecular complexity index is 1100. The number of methoxy groups -OCH3 is 2. The van der Waals surface area contributed by atoms with Crippen LogP contribution in [0.4, 0.5) is 0 Å². The smallest absolute Gasteiger partial charge is 0.230 e. The zero-order chi connectivity index (χ0) is 27.9. The van der Waals surface area contributed by atoms with Gasteiger partial charge >= 0.3 is 0 Å². The molecule has 0 saturated carbocycles. The van der Waals surface area contributed by atoms with Crippen LogP contribution in [0.5, 0.6) is 11.5 Å². The van der Waals surface area contributed by atoms with E-state index in [0.29, 0.717) is 29.4 Å². The van der Waals surface area contributed by atoms with Crippen LogP contribution in [0.1, 0.15) is 17.5 Å². The highest BCUT2D eigenvalue weighted by molar-refractivity contribution is 8.27. The fourth-order valence-electron chi connectivity index (χ4n) is 2.98. The molecule has 0 bridgehead atoms. The molecule has 0 aliphatic heterocycles. The SMILES string of the molecule is COc1cccc(CC(=O)NC(=N)SC(=N)CCSCC(=N)SC(=N)NC(=O)Cc2cccc(OC)c2)c1. The van der Waals surface area contributed by atoms with Crippen LogP contribution < -0.4 is 20.1 Å². The van der Waals surface area contributed by atoms with Crippen LogP contribution in [0.2, 0.25) is 0 Å². The number of carbonyl (C=O) groups is 2. The van der Waals surface area contributed by atoms with Gasteiger partial charge in [0, 0.05) is 12.2 Å². The average molecular weight is 575 g/mol. The van der Waals surface area contributed by atoms with Gasteiger partial charge in [0.15, 0.2) is 10.3 Å². The minimum absolute atomic E-state index is 0.0957. The molecule has 0 unspecified atom stereocenters. The van der Waals surface area contributed by atoms with Crippen LogP contribution >= 0.6 is 35.3 Å². The maximum absolute atomic E-state index is 12.2. The standard InChI is InChI=1S/C25H30N6O4S3/c1-34-18-7-3-5-16(11-18)13-22(32)30-24(28)37-20(26)9-10-36-15-21(27)38-25(29)31-23(33)14-17-6-4-8-19(12-17)35-2/h3-8,11-12,26-27H,9-10,13-15H2,1-2H3,(H2,28,30,32)(H2,29,31,33). The highest BCUT2D eigenvalue weighted by atomic mass is 32.2. The van der Waals surface area contributed by atoms with Crippen LogP contribution in [-0.4, -0.2) is 58.0 Å². The summed E-state index contributed by atoms with van der Waals surface area (Å²) in [5.74, 6) is 1.47. The highest BCUT2D eigenvalue weighted by Gasteiger charge is 2.12. The van der Waals surface area contributed by atoms with Gasteiger partial charge in [0.2, 0.25) is 11.8 Å². The first-order valence-electron chi connectivity index (χ1n) is 11.3. The number of ether oxygens (including phenoxy) is 2. The molecule has 2 aromatic rings. The first kappa shape index (κ1) is 30.9. The summed E-state index contributed by atoms with van der Waals surface area (Å²) in [7, 11) is 3.10. The topological polar surface area (TPSA) is 172 Å². The van der Waals surface area contributed by atoms with E-state index in [1.54, 1.807) is 62.8 Å². The van der Waals surface area contributed by atoms with Crippen molar-refractivity contribution >= 4 is 67.5 Å². The molecule has 0 saturated heterocycles. The molecule has 10 nitrogen and oxygen atoms in total. The second-order valence-corrected chi connectivity index (χ2v) is 11.0. The van der Waals surface area contributed by atoms with Gasteiger partial charge in [-0.25, -0.2) is 0 Å². The van der Waals surface area contributed by atoms with E-state index in [1.165, 1.54) is 11.8 Å². The third-order valence-electron chi connectivity index (χ3n) is 4.66. The van der Waals surface area contributed by atoms with E-state index in [4.69, 9.17) is 31.1 Å². The van der Waals surface area contributed by atoms with E-state index in [9.17, 15) is 9.59 Å². The number of rotatable bonds is 11. The first-order chi connectivity index (χ1) is 18.2. The molecule has 0 aliphatic rings. The second-order valence-electron chi connectivity index (χ2n) is 7.66. The van der Waals surface area contributed by atoms with Crippen molar-refractivity contribution in [2.45, 2.75) is 19.3 Å². The molecule has 0 spiro atoms. The van der Waals surface area contributed by atoms with Gasteiger partial charge in [-0.3, -0.25) is 31.2 Å². The first-order valence-corrected chi connectivity index (χ1v) is 14.1. The largest absolute Gasteiger partial charge is 0.497 e. The van der Waals surface area contributed by atoms with Gasteiger partial charge in [-0.2, -0.15) is 11.8 Å². The summed E-state index contributed by atoms with van der Waals surface area (Å²) in [6.07, 6.45) is 0.564. The maximum Gasteiger partial charge on any atom is 0.230 e. The summed E-state index contributed by atoms with van der Waals surface area (Å²) in [4.78, 5) is 24.3.